The van der Waals surface area contributed by atoms with Crippen LogP contribution >= 0.6 is 7.71 Å². The van der Waals surface area contributed by atoms with Crippen molar-refractivity contribution in [2.24, 2.45) is 0 Å². The fourth-order valence-electron chi connectivity index (χ4n) is 1.63. The second-order valence-electron chi connectivity index (χ2n) is 3.86. The molecule has 0 aliphatic rings. The Morgan fingerprint density at radius 2 is 1.20 bits per heavy atom. The van der Waals surface area contributed by atoms with Gasteiger partial charge in [0.1, 0.15) is 0 Å². The highest BCUT2D eigenvalue weighted by Crippen LogP contribution is 2.63. The summed E-state index contributed by atoms with van der Waals surface area (Å²) >= 11 is 0. The van der Waals surface area contributed by atoms with Crippen LogP contribution in [-0.4, -0.2) is 69.3 Å². The first-order valence-corrected chi connectivity index (χ1v) is 6.72. The highest BCUT2D eigenvalue weighted by Gasteiger charge is 2.47. The van der Waals surface area contributed by atoms with Gasteiger partial charge in [0.05, 0.1) is 0 Å². The van der Waals surface area contributed by atoms with Crippen molar-refractivity contribution >= 4 is 7.71 Å². The highest BCUT2D eigenvalue weighted by atomic mass is 35.5. The first-order chi connectivity index (χ1) is 6.39. The zero-order valence-electron chi connectivity index (χ0n) is 11.0. The SMILES string of the molecule is CCOC[P+](N(C)C)(N(C)C)N(C)C.[Cl-]. The molecule has 0 aromatic heterocycles. The summed E-state index contributed by atoms with van der Waals surface area (Å²) in [6.07, 6.45) is 0.788. The molecule has 0 aliphatic carbocycles. The molecular formula is C9H25ClN3OP. The van der Waals surface area contributed by atoms with E-state index in [4.69, 9.17) is 4.74 Å². The molecule has 0 aliphatic heterocycles. The Balaban J connectivity index is 0. The van der Waals surface area contributed by atoms with Crippen molar-refractivity contribution in [3.63, 3.8) is 0 Å². The molecule has 94 valence electrons. The van der Waals surface area contributed by atoms with Crippen molar-refractivity contribution in [2.75, 3.05) is 55.2 Å². The van der Waals surface area contributed by atoms with Crippen LogP contribution in [0.25, 0.3) is 0 Å². The maximum atomic E-state index is 5.61. The number of nitrogens with zero attached hydrogens (tertiary/aromatic N) is 3. The van der Waals surface area contributed by atoms with Crippen LogP contribution in [0.4, 0.5) is 0 Å². The van der Waals surface area contributed by atoms with Gasteiger partial charge in [-0.1, -0.05) is 0 Å². The van der Waals surface area contributed by atoms with Crippen molar-refractivity contribution in [3.05, 3.63) is 0 Å². The van der Waals surface area contributed by atoms with Crippen LogP contribution in [-0.2, 0) is 4.74 Å². The van der Waals surface area contributed by atoms with Crippen molar-refractivity contribution in [3.8, 4) is 0 Å². The van der Waals surface area contributed by atoms with Crippen LogP contribution in [0.3, 0.4) is 0 Å². The van der Waals surface area contributed by atoms with Crippen molar-refractivity contribution in [1.29, 1.82) is 0 Å². The molecule has 0 fully saturated rings. The molecule has 0 amide bonds. The molecule has 0 N–H and O–H groups in total. The quantitative estimate of drug-likeness (QED) is 0.536. The monoisotopic (exact) mass is 257 g/mol. The van der Waals surface area contributed by atoms with Crippen LogP contribution < -0.4 is 12.4 Å². The average Bonchev–Trinajstić information content (AvgIpc) is 2.03. The fraction of sp³-hybridized carbons (Fsp3) is 1.00. The molecule has 0 spiro atoms. The summed E-state index contributed by atoms with van der Waals surface area (Å²) in [6, 6.07) is 0. The topological polar surface area (TPSA) is 19.0 Å². The summed E-state index contributed by atoms with van der Waals surface area (Å²) in [5.74, 6) is 0. The second-order valence-corrected chi connectivity index (χ2v) is 7.90. The Bertz CT molecular complexity index is 146. The molecule has 0 atom stereocenters. The lowest BCUT2D eigenvalue weighted by molar-refractivity contribution is -0.00000381. The summed E-state index contributed by atoms with van der Waals surface area (Å²) in [5.41, 5.74) is 0. The first-order valence-electron chi connectivity index (χ1n) is 4.88. The number of rotatable bonds is 6. The lowest BCUT2D eigenvalue weighted by Crippen LogP contribution is -3.00. The van der Waals surface area contributed by atoms with Crippen molar-refractivity contribution in [1.82, 2.24) is 14.0 Å². The van der Waals surface area contributed by atoms with Crippen LogP contribution in [0.15, 0.2) is 0 Å². The number of hydrogen-bond donors (Lipinski definition) is 0. The Hall–Kier alpha value is 0.560. The van der Waals surface area contributed by atoms with E-state index in [0.717, 1.165) is 13.0 Å². The zero-order chi connectivity index (χ0) is 11.4. The van der Waals surface area contributed by atoms with E-state index in [9.17, 15) is 0 Å². The molecule has 6 heteroatoms. The molecule has 15 heavy (non-hydrogen) atoms. The van der Waals surface area contributed by atoms with Crippen LogP contribution in [0.5, 0.6) is 0 Å². The molecule has 0 unspecified atom stereocenters. The smallest absolute Gasteiger partial charge is 0.252 e. The Labute approximate surface area is 101 Å². The van der Waals surface area contributed by atoms with Crippen molar-refractivity contribution < 1.29 is 17.1 Å². The molecule has 0 heterocycles. The van der Waals surface area contributed by atoms with Crippen molar-refractivity contribution in [2.45, 2.75) is 6.92 Å². The van der Waals surface area contributed by atoms with Gasteiger partial charge in [-0.25, -0.2) is 0 Å². The minimum absolute atomic E-state index is 0. The van der Waals surface area contributed by atoms with E-state index >= 15 is 0 Å². The molecule has 0 saturated carbocycles. The fourth-order valence-corrected chi connectivity index (χ4v) is 4.90. The predicted octanol–water partition coefficient (Wildman–Crippen LogP) is -1.57. The number of ether oxygens (including phenoxy) is 1. The van der Waals surface area contributed by atoms with Gasteiger partial charge in [0, 0.05) is 48.9 Å². The van der Waals surface area contributed by atoms with E-state index in [0.29, 0.717) is 0 Å². The number of hydrogen-bond acceptors (Lipinski definition) is 4. The van der Waals surface area contributed by atoms with Crippen LogP contribution in [0, 0.1) is 0 Å². The third-order valence-corrected chi connectivity index (χ3v) is 6.76. The zero-order valence-corrected chi connectivity index (χ0v) is 12.6. The molecule has 0 aromatic carbocycles. The number of halogens is 1. The van der Waals surface area contributed by atoms with E-state index < -0.39 is 7.71 Å². The van der Waals surface area contributed by atoms with E-state index in [2.05, 4.69) is 56.3 Å². The molecule has 0 rings (SSSR count). The van der Waals surface area contributed by atoms with Gasteiger partial charge < -0.3 is 17.1 Å². The summed E-state index contributed by atoms with van der Waals surface area (Å²) in [7, 11) is 11.3. The Morgan fingerprint density at radius 1 is 0.867 bits per heavy atom. The summed E-state index contributed by atoms with van der Waals surface area (Å²) in [6.45, 7) is 2.81. The van der Waals surface area contributed by atoms with Gasteiger partial charge in [0.25, 0.3) is 7.71 Å². The maximum Gasteiger partial charge on any atom is 0.252 e. The summed E-state index contributed by atoms with van der Waals surface area (Å²) in [5, 5.41) is 0. The highest BCUT2D eigenvalue weighted by molar-refractivity contribution is 7.68. The Kier molecular flexibility index (Phi) is 9.29. The van der Waals surface area contributed by atoms with Gasteiger partial charge in [-0.3, -0.25) is 0 Å². The predicted molar refractivity (Wildman–Crippen MR) is 64.5 cm³/mol. The van der Waals surface area contributed by atoms with Gasteiger partial charge in [0.15, 0.2) is 0 Å². The standard InChI is InChI=1S/C9H25N3OP.ClH/c1-8-13-9-14(10(2)3,11(4)5)12(6)7;/h8-9H2,1-7H3;1H/q+1;/p-1. The molecular weight excluding hydrogens is 233 g/mol. The van der Waals surface area contributed by atoms with E-state index in [1.165, 1.54) is 0 Å². The molecule has 0 aromatic rings. The maximum absolute atomic E-state index is 5.61. The minimum atomic E-state index is -1.45. The average molecular weight is 258 g/mol. The molecule has 0 radical (unpaired) electrons. The van der Waals surface area contributed by atoms with Gasteiger partial charge in [-0.15, -0.1) is 0 Å². The largest absolute Gasteiger partial charge is 1.00 e. The van der Waals surface area contributed by atoms with Crippen LogP contribution in [0.1, 0.15) is 6.92 Å². The van der Waals surface area contributed by atoms with E-state index in [1.54, 1.807) is 0 Å². The summed E-state index contributed by atoms with van der Waals surface area (Å²) < 4.78 is 12.4. The van der Waals surface area contributed by atoms with Gasteiger partial charge >= 0.3 is 0 Å². The van der Waals surface area contributed by atoms with E-state index in [1.807, 2.05) is 6.92 Å². The first kappa shape index (κ1) is 17.9. The van der Waals surface area contributed by atoms with Crippen LogP contribution in [0.2, 0.25) is 0 Å². The van der Waals surface area contributed by atoms with Gasteiger partial charge in [-0.05, 0) is 6.92 Å². The lowest BCUT2D eigenvalue weighted by atomic mass is 10.9. The third-order valence-electron chi connectivity index (χ3n) is 2.39. The second kappa shape index (κ2) is 7.77. The normalized spacial score (nSPS) is 12.4. The van der Waals surface area contributed by atoms with E-state index in [-0.39, 0.29) is 12.4 Å². The van der Waals surface area contributed by atoms with Gasteiger partial charge in [-0.2, -0.15) is 14.0 Å². The van der Waals surface area contributed by atoms with Gasteiger partial charge in [0.2, 0.25) is 6.35 Å². The minimum Gasteiger partial charge on any atom is -1.00 e. The summed E-state index contributed by atoms with van der Waals surface area (Å²) in [4.78, 5) is 0. The third kappa shape index (κ3) is 4.14. The molecule has 4 nitrogen and oxygen atoms in total. The lowest BCUT2D eigenvalue weighted by Gasteiger charge is -2.39. The Morgan fingerprint density at radius 3 is 1.40 bits per heavy atom. The molecule has 0 bridgehead atoms. The molecule has 0 saturated heterocycles.